The van der Waals surface area contributed by atoms with Gasteiger partial charge in [-0.3, -0.25) is 4.90 Å². The maximum atomic E-state index is 13.4. The number of hydrogen-bond acceptors (Lipinski definition) is 4. The summed E-state index contributed by atoms with van der Waals surface area (Å²) in [4.78, 5) is 4.76. The van der Waals surface area contributed by atoms with Gasteiger partial charge in [0.1, 0.15) is 0 Å². The highest BCUT2D eigenvalue weighted by Crippen LogP contribution is 2.40. The highest BCUT2D eigenvalue weighted by atomic mass is 35.5. The number of piperazine rings is 1. The lowest BCUT2D eigenvalue weighted by molar-refractivity contribution is 0.148. The maximum Gasteiger partial charge on any atom is 0.268 e. The second-order valence-corrected chi connectivity index (χ2v) is 10.7. The zero-order chi connectivity index (χ0) is 21.6. The van der Waals surface area contributed by atoms with Crippen LogP contribution in [0.2, 0.25) is 15.1 Å². The van der Waals surface area contributed by atoms with E-state index in [9.17, 15) is 8.42 Å². The average molecular weight is 487 g/mol. The molecule has 2 heterocycles. The van der Waals surface area contributed by atoms with Crippen LogP contribution in [0.15, 0.2) is 41.4 Å². The Hall–Kier alpha value is -1.28. The molecule has 0 radical (unpaired) electrons. The quantitative estimate of drug-likeness (QED) is 0.492. The van der Waals surface area contributed by atoms with Crippen molar-refractivity contribution >= 4 is 55.7 Å². The number of fused-ring (bicyclic) bond motifs is 1. The molecule has 0 amide bonds. The van der Waals surface area contributed by atoms with Gasteiger partial charge in [0, 0.05) is 44.3 Å². The third-order valence-corrected chi connectivity index (χ3v) is 8.49. The molecule has 30 heavy (non-hydrogen) atoms. The van der Waals surface area contributed by atoms with E-state index < -0.39 is 10.0 Å². The van der Waals surface area contributed by atoms with Gasteiger partial charge < -0.3 is 4.90 Å². The molecule has 0 bridgehead atoms. The van der Waals surface area contributed by atoms with Gasteiger partial charge in [0.2, 0.25) is 0 Å². The number of halogens is 3. The first-order chi connectivity index (χ1) is 14.2. The smallest absolute Gasteiger partial charge is 0.268 e. The van der Waals surface area contributed by atoms with Crippen molar-refractivity contribution in [1.29, 1.82) is 0 Å². The Morgan fingerprint density at radius 1 is 0.967 bits per heavy atom. The van der Waals surface area contributed by atoms with Crippen LogP contribution in [0, 0.1) is 6.92 Å². The number of nitrogens with zero attached hydrogens (tertiary/aromatic N) is 3. The topological polar surface area (TPSA) is 45.6 Å². The molecule has 0 spiro atoms. The number of aryl methyl sites for hydroxylation is 1. The first kappa shape index (κ1) is 21.9. The van der Waals surface area contributed by atoms with Crippen molar-refractivity contribution in [3.63, 3.8) is 0 Å². The molecule has 0 atom stereocenters. The van der Waals surface area contributed by atoms with E-state index in [0.717, 1.165) is 37.3 Å². The van der Waals surface area contributed by atoms with E-state index in [2.05, 4.69) is 16.8 Å². The van der Waals surface area contributed by atoms with E-state index in [1.54, 1.807) is 36.5 Å². The van der Waals surface area contributed by atoms with Crippen molar-refractivity contribution in [2.24, 2.45) is 0 Å². The summed E-state index contributed by atoms with van der Waals surface area (Å²) in [5.41, 5.74) is 2.23. The summed E-state index contributed by atoms with van der Waals surface area (Å²) in [5, 5.41) is 1.36. The normalized spacial score (nSPS) is 16.4. The van der Waals surface area contributed by atoms with Crippen molar-refractivity contribution in [1.82, 2.24) is 13.8 Å². The third-order valence-electron chi connectivity index (χ3n) is 5.54. The highest BCUT2D eigenvalue weighted by Gasteiger charge is 2.26. The van der Waals surface area contributed by atoms with Crippen LogP contribution in [0.25, 0.3) is 10.9 Å². The van der Waals surface area contributed by atoms with Crippen molar-refractivity contribution in [2.75, 3.05) is 33.2 Å². The van der Waals surface area contributed by atoms with Gasteiger partial charge in [-0.2, -0.15) is 0 Å². The van der Waals surface area contributed by atoms with Crippen LogP contribution in [0.4, 0.5) is 0 Å². The van der Waals surface area contributed by atoms with Crippen LogP contribution in [0.5, 0.6) is 0 Å². The van der Waals surface area contributed by atoms with E-state index in [1.807, 2.05) is 6.92 Å². The minimum absolute atomic E-state index is 0.207. The fraction of sp³-hybridized carbons (Fsp3) is 0.333. The molecule has 1 aliphatic rings. The zero-order valence-corrected chi connectivity index (χ0v) is 19.8. The zero-order valence-electron chi connectivity index (χ0n) is 16.7. The van der Waals surface area contributed by atoms with Crippen LogP contribution in [0.1, 0.15) is 11.1 Å². The number of rotatable bonds is 4. The third kappa shape index (κ3) is 3.97. The predicted molar refractivity (Wildman–Crippen MR) is 124 cm³/mol. The lowest BCUT2D eigenvalue weighted by Crippen LogP contribution is -2.43. The molecule has 0 saturated carbocycles. The minimum atomic E-state index is -3.83. The lowest BCUT2D eigenvalue weighted by atomic mass is 10.1. The Morgan fingerprint density at radius 2 is 1.60 bits per heavy atom. The molecule has 5 nitrogen and oxygen atoms in total. The summed E-state index contributed by atoms with van der Waals surface area (Å²) in [5.74, 6) is 0. The monoisotopic (exact) mass is 485 g/mol. The lowest BCUT2D eigenvalue weighted by Gasteiger charge is -2.32. The first-order valence-corrected chi connectivity index (χ1v) is 12.2. The Bertz CT molecular complexity index is 1200. The van der Waals surface area contributed by atoms with Crippen LogP contribution in [-0.2, 0) is 16.6 Å². The molecular weight excluding hydrogens is 465 g/mol. The molecule has 1 aromatic heterocycles. The molecular formula is C21H22Cl3N3O2S. The Morgan fingerprint density at radius 3 is 2.23 bits per heavy atom. The second-order valence-electron chi connectivity index (χ2n) is 7.73. The number of aromatic nitrogens is 1. The standard InChI is InChI=1S/C21H22Cl3N3O2S/c1-14-3-5-16(6-4-14)30(28,29)27-13-15(12-26-9-7-25(2)8-10-26)19-18(27)11-17(22)20(23)21(19)24/h3-6,11,13H,7-10,12H2,1-2H3. The largest absolute Gasteiger partial charge is 0.304 e. The molecule has 0 N–H and O–H groups in total. The van der Waals surface area contributed by atoms with Crippen LogP contribution in [-0.4, -0.2) is 55.4 Å². The van der Waals surface area contributed by atoms with Gasteiger partial charge in [-0.25, -0.2) is 12.4 Å². The molecule has 0 unspecified atom stereocenters. The maximum absolute atomic E-state index is 13.4. The van der Waals surface area contributed by atoms with E-state index in [4.69, 9.17) is 34.8 Å². The van der Waals surface area contributed by atoms with Crippen LogP contribution < -0.4 is 0 Å². The number of hydrogen-bond donors (Lipinski definition) is 0. The first-order valence-electron chi connectivity index (χ1n) is 9.59. The summed E-state index contributed by atoms with van der Waals surface area (Å²) in [6.07, 6.45) is 1.65. The Kier molecular flexibility index (Phi) is 6.10. The number of likely N-dealkylation sites (N-methyl/N-ethyl adjacent to an activating group) is 1. The van der Waals surface area contributed by atoms with E-state index in [1.165, 1.54) is 3.97 Å². The van der Waals surface area contributed by atoms with Crippen molar-refractivity contribution < 1.29 is 8.42 Å². The van der Waals surface area contributed by atoms with Gasteiger partial charge in [-0.1, -0.05) is 52.5 Å². The summed E-state index contributed by atoms with van der Waals surface area (Å²) in [7, 11) is -1.73. The van der Waals surface area contributed by atoms with E-state index in [0.29, 0.717) is 17.4 Å². The molecule has 4 rings (SSSR count). The molecule has 1 aliphatic heterocycles. The molecule has 2 aromatic carbocycles. The van der Waals surface area contributed by atoms with E-state index >= 15 is 0 Å². The average Bonchev–Trinajstić information content (AvgIpc) is 3.07. The summed E-state index contributed by atoms with van der Waals surface area (Å²) >= 11 is 19.1. The van der Waals surface area contributed by atoms with Gasteiger partial charge in [-0.15, -0.1) is 0 Å². The Balaban J connectivity index is 1.87. The van der Waals surface area contributed by atoms with Gasteiger partial charge in [0.05, 0.1) is 25.5 Å². The molecule has 1 fully saturated rings. The van der Waals surface area contributed by atoms with Gasteiger partial charge in [0.15, 0.2) is 0 Å². The fourth-order valence-corrected chi connectivity index (χ4v) is 5.82. The fourth-order valence-electron chi connectivity index (χ4n) is 3.73. The molecule has 160 valence electrons. The highest BCUT2D eigenvalue weighted by molar-refractivity contribution is 7.90. The number of benzene rings is 2. The SMILES string of the molecule is Cc1ccc(S(=O)(=O)n2cc(CN3CCN(C)CC3)c3c(Cl)c(Cl)c(Cl)cc32)cc1. The van der Waals surface area contributed by atoms with Crippen molar-refractivity contribution in [2.45, 2.75) is 18.4 Å². The van der Waals surface area contributed by atoms with Crippen molar-refractivity contribution in [3.05, 3.63) is 62.7 Å². The van der Waals surface area contributed by atoms with Crippen LogP contribution >= 0.6 is 34.8 Å². The molecule has 9 heteroatoms. The van der Waals surface area contributed by atoms with Gasteiger partial charge in [0.25, 0.3) is 10.0 Å². The predicted octanol–water partition coefficient (Wildman–Crippen LogP) is 4.89. The summed E-state index contributed by atoms with van der Waals surface area (Å²) < 4.78 is 28.1. The second kappa shape index (κ2) is 8.34. The van der Waals surface area contributed by atoms with Gasteiger partial charge >= 0.3 is 0 Å². The minimum Gasteiger partial charge on any atom is -0.304 e. The van der Waals surface area contributed by atoms with E-state index in [-0.39, 0.29) is 20.0 Å². The molecule has 0 aliphatic carbocycles. The summed E-state index contributed by atoms with van der Waals surface area (Å²) in [6.45, 7) is 6.20. The Labute approximate surface area is 191 Å². The van der Waals surface area contributed by atoms with Gasteiger partial charge in [-0.05, 0) is 37.7 Å². The molecule has 3 aromatic rings. The molecule has 1 saturated heterocycles. The van der Waals surface area contributed by atoms with Crippen molar-refractivity contribution in [3.8, 4) is 0 Å². The summed E-state index contributed by atoms with van der Waals surface area (Å²) in [6, 6.07) is 8.34. The van der Waals surface area contributed by atoms with Crippen LogP contribution in [0.3, 0.4) is 0 Å².